The minimum atomic E-state index is -8.89. The van der Waals surface area contributed by atoms with Crippen LogP contribution in [0.4, 0.5) is 114 Å². The lowest BCUT2D eigenvalue weighted by atomic mass is 9.98. The number of carbonyl (C=O) groups is 1. The van der Waals surface area contributed by atoms with Crippen molar-refractivity contribution < 1.29 is 141 Å². The Hall–Kier alpha value is -2.53. The van der Waals surface area contributed by atoms with E-state index >= 15 is 0 Å². The highest BCUT2D eigenvalue weighted by molar-refractivity contribution is 7.90. The number of carbonyl (C=O) groups excluding carboxylic acids is 1. The summed E-state index contributed by atoms with van der Waals surface area (Å²) in [6.07, 6.45) is -16.0. The number of hydrogen-bond acceptors (Lipinski definition) is 6. The smallest absolute Gasteiger partial charge is 0.460 e. The summed E-state index contributed by atoms with van der Waals surface area (Å²) in [5, 5.41) is -16.5. The van der Waals surface area contributed by atoms with Gasteiger partial charge in [-0.15, -0.1) is 0 Å². The van der Waals surface area contributed by atoms with Gasteiger partial charge in [0.25, 0.3) is 20.0 Å². The molecule has 0 aliphatic carbocycles. The largest absolute Gasteiger partial charge is 0.465 e. The number of sulfonamides is 2. The fourth-order valence-electron chi connectivity index (χ4n) is 3.30. The van der Waals surface area contributed by atoms with E-state index < -0.39 is 138 Å². The van der Waals surface area contributed by atoms with E-state index in [2.05, 4.69) is 4.74 Å². The zero-order valence-electron chi connectivity index (χ0n) is 25.5. The van der Waals surface area contributed by atoms with Gasteiger partial charge in [0.1, 0.15) is 6.04 Å². The Morgan fingerprint density at radius 2 is 0.727 bits per heavy atom. The standard InChI is InChI=1S/C19H14F26N2O6S2/c1-4-53-7(48)6(47(3)55(51,52)19(44,45)15(34,35)11(26,27)9(22,23)13(30,31)17(39,40)41)5-46(2)54(49,50)18(42,43)14(32,33)10(24,25)8(20,21)12(28,29)16(36,37)38/h6H,4-5H2,1-3H3. The maximum absolute atomic E-state index is 14.6. The van der Waals surface area contributed by atoms with E-state index in [1.165, 1.54) is 0 Å². The Morgan fingerprint density at radius 1 is 0.473 bits per heavy atom. The van der Waals surface area contributed by atoms with Crippen molar-refractivity contribution in [3.8, 4) is 0 Å². The molecule has 0 fully saturated rings. The third kappa shape index (κ3) is 7.18. The van der Waals surface area contributed by atoms with Crippen molar-refractivity contribution >= 4 is 26.0 Å². The topological polar surface area (TPSA) is 101 Å². The number of nitrogens with zero attached hydrogens (tertiary/aromatic N) is 2. The second-order valence-corrected chi connectivity index (χ2v) is 14.3. The van der Waals surface area contributed by atoms with Crippen LogP contribution in [0.3, 0.4) is 0 Å². The third-order valence-electron chi connectivity index (χ3n) is 6.67. The molecule has 0 aromatic rings. The Labute approximate surface area is 286 Å². The molecule has 0 saturated carbocycles. The lowest BCUT2D eigenvalue weighted by Gasteiger charge is -2.41. The Bertz CT molecular complexity index is 1640. The van der Waals surface area contributed by atoms with E-state index in [9.17, 15) is 136 Å². The van der Waals surface area contributed by atoms with Crippen LogP contribution in [-0.2, 0) is 29.6 Å². The summed E-state index contributed by atoms with van der Waals surface area (Å²) in [6.45, 7) is -3.97. The molecule has 0 aromatic carbocycles. The first-order valence-electron chi connectivity index (χ1n) is 12.4. The minimum Gasteiger partial charge on any atom is -0.465 e. The van der Waals surface area contributed by atoms with Crippen molar-refractivity contribution in [2.75, 3.05) is 27.2 Å². The molecule has 0 aromatic heterocycles. The summed E-state index contributed by atoms with van der Waals surface area (Å²) in [4.78, 5) is 12.2. The lowest BCUT2D eigenvalue weighted by molar-refractivity contribution is -0.433. The van der Waals surface area contributed by atoms with Gasteiger partial charge in [-0.1, -0.05) is 0 Å². The second kappa shape index (κ2) is 14.1. The highest BCUT2D eigenvalue weighted by Crippen LogP contribution is 2.63. The van der Waals surface area contributed by atoms with Gasteiger partial charge in [0.05, 0.1) is 6.61 Å². The van der Waals surface area contributed by atoms with Crippen LogP contribution >= 0.6 is 0 Å². The van der Waals surface area contributed by atoms with Gasteiger partial charge in [0, 0.05) is 20.6 Å². The second-order valence-electron chi connectivity index (χ2n) is 10.2. The predicted molar refractivity (Wildman–Crippen MR) is 120 cm³/mol. The normalized spacial score (nSPS) is 16.9. The van der Waals surface area contributed by atoms with Crippen molar-refractivity contribution in [1.82, 2.24) is 8.61 Å². The molecule has 1 atom stereocenters. The number of alkyl halides is 26. The van der Waals surface area contributed by atoms with Crippen LogP contribution < -0.4 is 0 Å². The van der Waals surface area contributed by atoms with E-state index in [1.54, 1.807) is 0 Å². The quantitative estimate of drug-likeness (QED) is 0.117. The van der Waals surface area contributed by atoms with Gasteiger partial charge < -0.3 is 4.74 Å². The average Bonchev–Trinajstić information content (AvgIpc) is 2.96. The Morgan fingerprint density at radius 3 is 0.982 bits per heavy atom. The number of rotatable bonds is 17. The third-order valence-corrected chi connectivity index (χ3v) is 10.5. The molecular formula is C19H14F26N2O6S2. The fraction of sp³-hybridized carbons (Fsp3) is 0.947. The van der Waals surface area contributed by atoms with Crippen molar-refractivity contribution in [3.63, 3.8) is 0 Å². The molecule has 1 unspecified atom stereocenters. The molecule has 0 bridgehead atoms. The summed E-state index contributed by atoms with van der Waals surface area (Å²) in [6, 6.07) is -4.18. The van der Waals surface area contributed by atoms with Gasteiger partial charge >= 0.3 is 76.2 Å². The zero-order chi connectivity index (χ0) is 45.4. The molecule has 0 saturated heterocycles. The summed E-state index contributed by atoms with van der Waals surface area (Å²) in [5.41, 5.74) is 0. The molecule has 0 spiro atoms. The lowest BCUT2D eigenvalue weighted by Crippen LogP contribution is -2.72. The summed E-state index contributed by atoms with van der Waals surface area (Å²) < 4.78 is 399. The number of ether oxygens (including phenoxy) is 1. The predicted octanol–water partition coefficient (Wildman–Crippen LogP) is 6.83. The number of likely N-dealkylation sites (N-methyl/N-ethyl adjacent to an activating group) is 2. The zero-order valence-corrected chi connectivity index (χ0v) is 27.1. The SMILES string of the molecule is CCOC(=O)C(CN(C)S(=O)(=O)C(F)(F)C(F)(F)C(F)(F)C(F)(F)C(F)(F)C(F)(F)F)N(C)S(=O)(=O)C(F)(F)C(F)(F)C(F)(F)C(F)(F)C(F)(F)C(F)(F)F. The van der Waals surface area contributed by atoms with E-state index in [0.29, 0.717) is 6.92 Å². The van der Waals surface area contributed by atoms with E-state index in [1.807, 2.05) is 0 Å². The molecule has 0 heterocycles. The van der Waals surface area contributed by atoms with Gasteiger partial charge in [-0.3, -0.25) is 4.79 Å². The van der Waals surface area contributed by atoms with Crippen LogP contribution in [0.15, 0.2) is 0 Å². The monoisotopic (exact) mass is 924 g/mol. The molecule has 55 heavy (non-hydrogen) atoms. The van der Waals surface area contributed by atoms with Crippen molar-refractivity contribution in [1.29, 1.82) is 0 Å². The number of halogens is 26. The van der Waals surface area contributed by atoms with Crippen LogP contribution in [0, 0.1) is 0 Å². The molecular weight excluding hydrogens is 910 g/mol. The van der Waals surface area contributed by atoms with Gasteiger partial charge in [0.2, 0.25) is 0 Å². The van der Waals surface area contributed by atoms with Crippen LogP contribution in [0.1, 0.15) is 6.92 Å². The first-order chi connectivity index (χ1) is 23.4. The fourth-order valence-corrected chi connectivity index (χ4v) is 5.78. The molecule has 8 nitrogen and oxygen atoms in total. The molecule has 36 heteroatoms. The van der Waals surface area contributed by atoms with Crippen LogP contribution in [0.25, 0.3) is 0 Å². The molecule has 0 aliphatic heterocycles. The van der Waals surface area contributed by atoms with Gasteiger partial charge in [-0.25, -0.2) is 16.8 Å². The van der Waals surface area contributed by atoms with Crippen molar-refractivity contribution in [3.05, 3.63) is 0 Å². The van der Waals surface area contributed by atoms with E-state index in [4.69, 9.17) is 0 Å². The molecule has 330 valence electrons. The van der Waals surface area contributed by atoms with E-state index in [0.717, 1.165) is 0 Å². The van der Waals surface area contributed by atoms with Gasteiger partial charge in [-0.2, -0.15) is 123 Å². The highest BCUT2D eigenvalue weighted by Gasteiger charge is 2.94. The Balaban J connectivity index is 7.47. The van der Waals surface area contributed by atoms with Gasteiger partial charge in [0.15, 0.2) is 0 Å². The molecule has 0 radical (unpaired) electrons. The molecule has 0 rings (SSSR count). The molecule has 0 amide bonds. The first-order valence-corrected chi connectivity index (χ1v) is 15.3. The maximum atomic E-state index is 14.6. The maximum Gasteiger partial charge on any atom is 0.460 e. The summed E-state index contributed by atoms with van der Waals surface area (Å²) >= 11 is 0. The van der Waals surface area contributed by atoms with E-state index in [-0.39, 0.29) is 0 Å². The number of esters is 1. The first kappa shape index (κ1) is 52.5. The summed E-state index contributed by atoms with van der Waals surface area (Å²) in [7, 11) is -18.6. The van der Waals surface area contributed by atoms with Gasteiger partial charge in [-0.05, 0) is 6.92 Å². The molecule has 0 aliphatic rings. The Kier molecular flexibility index (Phi) is 13.4. The van der Waals surface area contributed by atoms with Crippen LogP contribution in [0.5, 0.6) is 0 Å². The number of hydrogen-bond donors (Lipinski definition) is 0. The average molecular weight is 924 g/mol. The van der Waals surface area contributed by atoms with Crippen LogP contribution in [0.2, 0.25) is 0 Å². The van der Waals surface area contributed by atoms with Crippen LogP contribution in [-0.4, -0.2) is 135 Å². The molecule has 0 N–H and O–H groups in total. The minimum absolute atomic E-state index is 0.532. The van der Waals surface area contributed by atoms with Crippen molar-refractivity contribution in [2.45, 2.75) is 83.2 Å². The van der Waals surface area contributed by atoms with Crippen molar-refractivity contribution in [2.24, 2.45) is 0 Å². The highest BCUT2D eigenvalue weighted by atomic mass is 32.2. The summed E-state index contributed by atoms with van der Waals surface area (Å²) in [5.74, 6) is -72.5.